The summed E-state index contributed by atoms with van der Waals surface area (Å²) in [6.07, 6.45) is 0. The molecule has 0 unspecified atom stereocenters. The molecule has 90 valence electrons. The molecule has 0 fully saturated rings. The van der Waals surface area contributed by atoms with Crippen LogP contribution in [0.3, 0.4) is 0 Å². The molecular weight excluding hydrogens is 336 g/mol. The van der Waals surface area contributed by atoms with Crippen molar-refractivity contribution < 1.29 is 13.3 Å². The highest BCUT2D eigenvalue weighted by Crippen LogP contribution is 2.31. The predicted molar refractivity (Wildman–Crippen MR) is 63.5 cm³/mol. The maximum absolute atomic E-state index is 11.3. The number of hydrogen-bond donors (Lipinski definition) is 0. The van der Waals surface area contributed by atoms with Gasteiger partial charge in [-0.2, -0.15) is 5.26 Å². The lowest BCUT2D eigenvalue weighted by Gasteiger charge is -2.06. The Bertz CT molecular complexity index is 623. The van der Waals surface area contributed by atoms with Gasteiger partial charge in [-0.1, -0.05) is 15.9 Å². The number of hydrogen-bond acceptors (Lipinski definition) is 5. The van der Waals surface area contributed by atoms with E-state index in [0.717, 1.165) is 6.07 Å². The lowest BCUT2D eigenvalue weighted by Crippen LogP contribution is -2.04. The van der Waals surface area contributed by atoms with Crippen LogP contribution in [0.2, 0.25) is 0 Å². The van der Waals surface area contributed by atoms with Crippen molar-refractivity contribution in [3.63, 3.8) is 0 Å². The number of nitro groups is 1. The summed E-state index contributed by atoms with van der Waals surface area (Å²) in [7, 11) is 0.952. The van der Waals surface area contributed by atoms with Gasteiger partial charge in [0.15, 0.2) is 0 Å². The van der Waals surface area contributed by atoms with E-state index in [4.69, 9.17) is 15.9 Å². The molecule has 1 rings (SSSR count). The van der Waals surface area contributed by atoms with Gasteiger partial charge in [-0.15, -0.1) is 0 Å². The Morgan fingerprint density at radius 1 is 1.53 bits per heavy atom. The second-order valence-electron chi connectivity index (χ2n) is 2.89. The van der Waals surface area contributed by atoms with E-state index >= 15 is 0 Å². The molecule has 0 radical (unpaired) electrons. The quantitative estimate of drug-likeness (QED) is 0.364. The minimum Gasteiger partial charge on any atom is -0.258 e. The van der Waals surface area contributed by atoms with E-state index in [-0.39, 0.29) is 10.9 Å². The molecule has 0 saturated heterocycles. The van der Waals surface area contributed by atoms with Crippen LogP contribution in [0.15, 0.2) is 17.0 Å². The second kappa shape index (κ2) is 5.00. The molecule has 0 atom stereocenters. The average Bonchev–Trinajstić information content (AvgIpc) is 2.25. The van der Waals surface area contributed by atoms with Crippen molar-refractivity contribution in [1.29, 1.82) is 5.26 Å². The maximum atomic E-state index is 11.3. The summed E-state index contributed by atoms with van der Waals surface area (Å²) in [5, 5.41) is 19.6. The number of nitrogens with zero attached hydrogens (tertiary/aromatic N) is 2. The van der Waals surface area contributed by atoms with Crippen molar-refractivity contribution in [1.82, 2.24) is 0 Å². The zero-order chi connectivity index (χ0) is 13.2. The average molecular weight is 340 g/mol. The molecule has 0 aliphatic heterocycles. The Hall–Kier alpha value is -1.17. The first-order chi connectivity index (χ1) is 7.82. The third-order valence-corrected chi connectivity index (χ3v) is 3.93. The van der Waals surface area contributed by atoms with Gasteiger partial charge in [-0.3, -0.25) is 10.1 Å². The van der Waals surface area contributed by atoms with Gasteiger partial charge >= 0.3 is 0 Å². The highest BCUT2D eigenvalue weighted by atomic mass is 79.9. The number of halogens is 2. The number of rotatable bonds is 3. The van der Waals surface area contributed by atoms with Gasteiger partial charge in [0.1, 0.15) is 16.5 Å². The Morgan fingerprint density at radius 3 is 2.47 bits per heavy atom. The van der Waals surface area contributed by atoms with Gasteiger partial charge in [0.2, 0.25) is 0 Å². The van der Waals surface area contributed by atoms with Crippen LogP contribution >= 0.6 is 26.6 Å². The molecular formula is C8H4BrClN2O4S. The fourth-order valence-electron chi connectivity index (χ4n) is 1.26. The van der Waals surface area contributed by atoms with E-state index in [0.29, 0.717) is 0 Å². The van der Waals surface area contributed by atoms with Crippen molar-refractivity contribution in [2.24, 2.45) is 0 Å². The number of nitro benzene ring substituents is 1. The zero-order valence-corrected chi connectivity index (χ0v) is 11.2. The summed E-state index contributed by atoms with van der Waals surface area (Å²) in [5.41, 5.74) is -0.944. The zero-order valence-electron chi connectivity index (χ0n) is 8.05. The Kier molecular flexibility index (Phi) is 4.08. The summed E-state index contributed by atoms with van der Waals surface area (Å²) in [5.74, 6) is 0. The fraction of sp³-hybridized carbons (Fsp3) is 0.125. The van der Waals surface area contributed by atoms with Crippen LogP contribution in [0, 0.1) is 21.4 Å². The third-order valence-electron chi connectivity index (χ3n) is 1.91. The fourth-order valence-corrected chi connectivity index (χ4v) is 3.29. The lowest BCUT2D eigenvalue weighted by atomic mass is 10.1. The smallest absolute Gasteiger partial charge is 0.258 e. The molecule has 0 spiro atoms. The lowest BCUT2D eigenvalue weighted by molar-refractivity contribution is -0.385. The molecule has 0 aromatic heterocycles. The Labute approximate surface area is 110 Å². The van der Waals surface area contributed by atoms with E-state index in [1.54, 1.807) is 0 Å². The monoisotopic (exact) mass is 338 g/mol. The molecule has 17 heavy (non-hydrogen) atoms. The van der Waals surface area contributed by atoms with Gasteiger partial charge < -0.3 is 0 Å². The van der Waals surface area contributed by atoms with Crippen LogP contribution < -0.4 is 0 Å². The summed E-state index contributed by atoms with van der Waals surface area (Å²) >= 11 is 3.02. The molecule has 0 bridgehead atoms. The SMILES string of the molecule is N#Cc1c([N+](=O)[O-])ccc(CBr)c1S(=O)(=O)Cl. The minimum absolute atomic E-state index is 0.112. The van der Waals surface area contributed by atoms with E-state index in [1.165, 1.54) is 12.1 Å². The van der Waals surface area contributed by atoms with Crippen molar-refractivity contribution in [3.8, 4) is 6.07 Å². The summed E-state index contributed by atoms with van der Waals surface area (Å²) in [6, 6.07) is 3.81. The third kappa shape index (κ3) is 2.74. The van der Waals surface area contributed by atoms with E-state index < -0.39 is 30.1 Å². The first-order valence-electron chi connectivity index (χ1n) is 4.04. The molecule has 0 saturated carbocycles. The largest absolute Gasteiger partial charge is 0.288 e. The van der Waals surface area contributed by atoms with Crippen LogP contribution in [0.1, 0.15) is 11.1 Å². The molecule has 0 amide bonds. The van der Waals surface area contributed by atoms with Crippen LogP contribution in [-0.4, -0.2) is 13.3 Å². The first kappa shape index (κ1) is 13.9. The number of nitriles is 1. The summed E-state index contributed by atoms with van der Waals surface area (Å²) in [4.78, 5) is 9.31. The van der Waals surface area contributed by atoms with Crippen molar-refractivity contribution >= 4 is 41.4 Å². The molecule has 9 heteroatoms. The maximum Gasteiger partial charge on any atom is 0.288 e. The van der Waals surface area contributed by atoms with E-state index in [1.807, 2.05) is 0 Å². The molecule has 0 aliphatic carbocycles. The molecule has 0 heterocycles. The van der Waals surface area contributed by atoms with Crippen molar-refractivity contribution in [3.05, 3.63) is 33.4 Å². The second-order valence-corrected chi connectivity index (χ2v) is 5.95. The van der Waals surface area contributed by atoms with Crippen LogP contribution in [0.4, 0.5) is 5.69 Å². The van der Waals surface area contributed by atoms with Gasteiger partial charge in [-0.05, 0) is 11.6 Å². The molecule has 0 N–H and O–H groups in total. The van der Waals surface area contributed by atoms with Crippen LogP contribution in [0.5, 0.6) is 0 Å². The Balaban J connectivity index is 3.82. The highest BCUT2D eigenvalue weighted by Gasteiger charge is 2.27. The molecule has 6 nitrogen and oxygen atoms in total. The normalized spacial score (nSPS) is 10.9. The summed E-state index contributed by atoms with van der Waals surface area (Å²) < 4.78 is 22.7. The van der Waals surface area contributed by atoms with Gasteiger partial charge in [0.05, 0.1) is 4.92 Å². The van der Waals surface area contributed by atoms with Crippen molar-refractivity contribution in [2.45, 2.75) is 10.2 Å². The molecule has 1 aromatic rings. The van der Waals surface area contributed by atoms with Gasteiger partial charge in [0.25, 0.3) is 14.7 Å². The predicted octanol–water partition coefficient (Wildman–Crippen LogP) is 2.29. The Morgan fingerprint density at radius 2 is 2.12 bits per heavy atom. The number of benzene rings is 1. The van der Waals surface area contributed by atoms with Crippen LogP contribution in [-0.2, 0) is 14.4 Å². The topological polar surface area (TPSA) is 101 Å². The van der Waals surface area contributed by atoms with Gasteiger partial charge in [-0.25, -0.2) is 8.42 Å². The first-order valence-corrected chi connectivity index (χ1v) is 7.47. The standard InChI is InChI=1S/C8H4BrClN2O4S/c9-3-5-1-2-7(12(13)14)6(4-11)8(5)17(10,15)16/h1-2H,3H2. The highest BCUT2D eigenvalue weighted by molar-refractivity contribution is 9.08. The van der Waals surface area contributed by atoms with E-state index in [9.17, 15) is 18.5 Å². The molecule has 0 aliphatic rings. The minimum atomic E-state index is -4.23. The van der Waals surface area contributed by atoms with Gasteiger partial charge in [0, 0.05) is 22.1 Å². The van der Waals surface area contributed by atoms with Crippen molar-refractivity contribution in [2.75, 3.05) is 0 Å². The number of alkyl halides is 1. The summed E-state index contributed by atoms with van der Waals surface area (Å²) in [6.45, 7) is 0. The molecule has 1 aromatic carbocycles. The van der Waals surface area contributed by atoms with Crippen LogP contribution in [0.25, 0.3) is 0 Å². The van der Waals surface area contributed by atoms with E-state index in [2.05, 4.69) is 15.9 Å².